The van der Waals surface area contributed by atoms with Gasteiger partial charge in [-0.3, -0.25) is 10.1 Å². The summed E-state index contributed by atoms with van der Waals surface area (Å²) in [6, 6.07) is 5.54. The lowest BCUT2D eigenvalue weighted by Gasteiger charge is -2.27. The number of carbonyl (C=O) groups excluding carboxylic acids is 1. The fourth-order valence-electron chi connectivity index (χ4n) is 2.56. The molecule has 126 valence electrons. The number of benzene rings is 1. The Morgan fingerprint density at radius 1 is 1.52 bits per heavy atom. The third kappa shape index (κ3) is 5.26. The van der Waals surface area contributed by atoms with Gasteiger partial charge >= 0.3 is 0 Å². The maximum Gasteiger partial charge on any atom is 0.257 e. The van der Waals surface area contributed by atoms with Crippen molar-refractivity contribution in [3.63, 3.8) is 0 Å². The highest BCUT2D eigenvalue weighted by Gasteiger charge is 2.21. The van der Waals surface area contributed by atoms with E-state index in [0.29, 0.717) is 10.7 Å². The van der Waals surface area contributed by atoms with Crippen molar-refractivity contribution in [1.29, 1.82) is 0 Å². The van der Waals surface area contributed by atoms with Gasteiger partial charge in [0.1, 0.15) is 0 Å². The van der Waals surface area contributed by atoms with E-state index in [9.17, 15) is 4.79 Å². The highest BCUT2D eigenvalue weighted by Crippen LogP contribution is 2.18. The van der Waals surface area contributed by atoms with Crippen LogP contribution in [0.2, 0.25) is 0 Å². The number of ether oxygens (including phenoxy) is 1. The summed E-state index contributed by atoms with van der Waals surface area (Å²) in [4.78, 5) is 14.4. The molecule has 1 atom stereocenters. The van der Waals surface area contributed by atoms with E-state index in [1.807, 2.05) is 30.0 Å². The Morgan fingerprint density at radius 2 is 2.30 bits per heavy atom. The molecule has 1 aliphatic rings. The average molecular weight is 399 g/mol. The van der Waals surface area contributed by atoms with Crippen LogP contribution in [0, 0.1) is 6.92 Å². The molecule has 0 aliphatic carbocycles. The summed E-state index contributed by atoms with van der Waals surface area (Å²) in [5.41, 5.74) is 1.69. The molecular formula is C17H23BrN2O2S. The third-order valence-corrected chi connectivity index (χ3v) is 5.10. The molecule has 1 amide bonds. The second-order valence-electron chi connectivity index (χ2n) is 5.80. The molecule has 0 saturated carbocycles. The van der Waals surface area contributed by atoms with Gasteiger partial charge in [-0.15, -0.1) is 0 Å². The van der Waals surface area contributed by atoms with Gasteiger partial charge in [-0.05, 0) is 56.1 Å². The molecule has 1 N–H and O–H groups in total. The molecule has 6 heteroatoms. The molecule has 0 aromatic heterocycles. The number of hydrogen-bond acceptors (Lipinski definition) is 3. The Labute approximate surface area is 151 Å². The summed E-state index contributed by atoms with van der Waals surface area (Å²) in [6.45, 7) is 6.47. The molecule has 1 saturated heterocycles. The molecule has 23 heavy (non-hydrogen) atoms. The summed E-state index contributed by atoms with van der Waals surface area (Å²) in [7, 11) is 0. The maximum absolute atomic E-state index is 12.4. The Hall–Kier alpha value is -0.980. The van der Waals surface area contributed by atoms with Crippen LogP contribution < -0.4 is 5.32 Å². The van der Waals surface area contributed by atoms with Crippen LogP contribution in [-0.4, -0.2) is 41.7 Å². The number of halogens is 1. The fourth-order valence-corrected chi connectivity index (χ4v) is 3.20. The second-order valence-corrected chi connectivity index (χ2v) is 7.05. The average Bonchev–Trinajstić information content (AvgIpc) is 3.02. The summed E-state index contributed by atoms with van der Waals surface area (Å²) < 4.78 is 6.60. The van der Waals surface area contributed by atoms with E-state index in [1.165, 1.54) is 0 Å². The number of rotatable bonds is 5. The van der Waals surface area contributed by atoms with Crippen molar-refractivity contribution in [1.82, 2.24) is 10.2 Å². The third-order valence-electron chi connectivity index (χ3n) is 3.88. The SMILES string of the molecule is CCCN(CC1CCCO1)C(=S)NC(=O)c1ccc(C)c(Br)c1. The number of amides is 1. The second kappa shape index (κ2) is 8.76. The van der Waals surface area contributed by atoms with E-state index in [-0.39, 0.29) is 12.0 Å². The Balaban J connectivity index is 1.98. The van der Waals surface area contributed by atoms with Gasteiger partial charge in [-0.25, -0.2) is 0 Å². The molecule has 0 spiro atoms. The van der Waals surface area contributed by atoms with Crippen molar-refractivity contribution in [3.05, 3.63) is 33.8 Å². The van der Waals surface area contributed by atoms with E-state index in [2.05, 4.69) is 28.2 Å². The standard InChI is InChI=1S/C17H23BrN2O2S/c1-3-8-20(11-14-5-4-9-22-14)17(23)19-16(21)13-7-6-12(2)15(18)10-13/h6-7,10,14H,3-5,8-9,11H2,1-2H3,(H,19,21,23). The Morgan fingerprint density at radius 3 is 2.91 bits per heavy atom. The minimum atomic E-state index is -0.177. The zero-order valence-corrected chi connectivity index (χ0v) is 16.0. The van der Waals surface area contributed by atoms with Crippen molar-refractivity contribution < 1.29 is 9.53 Å². The van der Waals surface area contributed by atoms with Crippen LogP contribution in [-0.2, 0) is 4.74 Å². The molecule has 2 rings (SSSR count). The van der Waals surface area contributed by atoms with Crippen LogP contribution >= 0.6 is 28.1 Å². The Bertz CT molecular complexity index is 574. The quantitative estimate of drug-likeness (QED) is 0.768. The molecule has 1 aliphatic heterocycles. The van der Waals surface area contributed by atoms with Gasteiger partial charge in [0.05, 0.1) is 6.10 Å². The normalized spacial score (nSPS) is 17.1. The molecule has 0 bridgehead atoms. The molecule has 1 unspecified atom stereocenters. The number of hydrogen-bond donors (Lipinski definition) is 1. The van der Waals surface area contributed by atoms with Crippen molar-refractivity contribution in [3.8, 4) is 0 Å². The molecule has 1 aromatic rings. The zero-order chi connectivity index (χ0) is 16.8. The van der Waals surface area contributed by atoms with Crippen molar-refractivity contribution in [2.75, 3.05) is 19.7 Å². The lowest BCUT2D eigenvalue weighted by Crippen LogP contribution is -2.46. The lowest BCUT2D eigenvalue weighted by molar-refractivity contribution is 0.0887. The molecule has 1 aromatic carbocycles. The summed E-state index contributed by atoms with van der Waals surface area (Å²) in [5, 5.41) is 3.32. The van der Waals surface area contributed by atoms with Gasteiger partial charge in [-0.2, -0.15) is 0 Å². The summed E-state index contributed by atoms with van der Waals surface area (Å²) in [6.07, 6.45) is 3.34. The first kappa shape index (κ1) is 18.4. The van der Waals surface area contributed by atoms with Gasteiger partial charge in [-0.1, -0.05) is 28.9 Å². The van der Waals surface area contributed by atoms with E-state index >= 15 is 0 Å². The molecule has 4 nitrogen and oxygen atoms in total. The van der Waals surface area contributed by atoms with Crippen LogP contribution in [0.3, 0.4) is 0 Å². The minimum Gasteiger partial charge on any atom is -0.376 e. The van der Waals surface area contributed by atoms with Crippen molar-refractivity contribution in [2.24, 2.45) is 0 Å². The van der Waals surface area contributed by atoms with Crippen LogP contribution in [0.4, 0.5) is 0 Å². The van der Waals surface area contributed by atoms with Crippen molar-refractivity contribution in [2.45, 2.75) is 39.2 Å². The first-order chi connectivity index (χ1) is 11.0. The monoisotopic (exact) mass is 398 g/mol. The largest absolute Gasteiger partial charge is 0.376 e. The summed E-state index contributed by atoms with van der Waals surface area (Å²) in [5.74, 6) is -0.177. The van der Waals surface area contributed by atoms with Gasteiger partial charge in [0.25, 0.3) is 5.91 Å². The van der Waals surface area contributed by atoms with Gasteiger partial charge in [0.15, 0.2) is 5.11 Å². The molecular weight excluding hydrogens is 376 g/mol. The first-order valence-electron chi connectivity index (χ1n) is 7.99. The van der Waals surface area contributed by atoms with Gasteiger partial charge in [0, 0.05) is 29.7 Å². The zero-order valence-electron chi connectivity index (χ0n) is 13.6. The topological polar surface area (TPSA) is 41.6 Å². The highest BCUT2D eigenvalue weighted by molar-refractivity contribution is 9.10. The van der Waals surface area contributed by atoms with Gasteiger partial charge in [0.2, 0.25) is 0 Å². The number of aryl methyl sites for hydroxylation is 1. The molecule has 0 radical (unpaired) electrons. The van der Waals surface area contributed by atoms with E-state index in [0.717, 1.165) is 49.0 Å². The number of thiocarbonyl (C=S) groups is 1. The molecule has 1 heterocycles. The number of nitrogens with zero attached hydrogens (tertiary/aromatic N) is 1. The van der Waals surface area contributed by atoms with Crippen LogP contribution in [0.5, 0.6) is 0 Å². The van der Waals surface area contributed by atoms with Crippen LogP contribution in [0.15, 0.2) is 22.7 Å². The number of nitrogens with one attached hydrogen (secondary N) is 1. The van der Waals surface area contributed by atoms with Crippen molar-refractivity contribution >= 4 is 39.2 Å². The predicted molar refractivity (Wildman–Crippen MR) is 99.8 cm³/mol. The van der Waals surface area contributed by atoms with Gasteiger partial charge < -0.3 is 9.64 Å². The number of carbonyl (C=O) groups is 1. The highest BCUT2D eigenvalue weighted by atomic mass is 79.9. The van der Waals surface area contributed by atoms with E-state index in [1.54, 1.807) is 0 Å². The lowest BCUT2D eigenvalue weighted by atomic mass is 10.1. The van der Waals surface area contributed by atoms with Crippen LogP contribution in [0.1, 0.15) is 42.1 Å². The minimum absolute atomic E-state index is 0.177. The first-order valence-corrected chi connectivity index (χ1v) is 9.19. The summed E-state index contributed by atoms with van der Waals surface area (Å²) >= 11 is 8.89. The van der Waals surface area contributed by atoms with E-state index < -0.39 is 0 Å². The van der Waals surface area contributed by atoms with Crippen LogP contribution in [0.25, 0.3) is 0 Å². The Kier molecular flexibility index (Phi) is 6.99. The molecule has 1 fully saturated rings. The predicted octanol–water partition coefficient (Wildman–Crippen LogP) is 3.66. The fraction of sp³-hybridized carbons (Fsp3) is 0.529. The maximum atomic E-state index is 12.4. The smallest absolute Gasteiger partial charge is 0.257 e. The van der Waals surface area contributed by atoms with E-state index in [4.69, 9.17) is 17.0 Å².